The van der Waals surface area contributed by atoms with E-state index in [-0.39, 0.29) is 0 Å². The summed E-state index contributed by atoms with van der Waals surface area (Å²) in [4.78, 5) is 10.5. The summed E-state index contributed by atoms with van der Waals surface area (Å²) in [6.45, 7) is 7.90. The summed E-state index contributed by atoms with van der Waals surface area (Å²) in [6.07, 6.45) is 3.25. The molecule has 0 aromatic carbocycles. The Labute approximate surface area is 102 Å². The molecule has 4 nitrogen and oxygen atoms in total. The normalized spacial score (nSPS) is 10.8. The van der Waals surface area contributed by atoms with Crippen LogP contribution in [0.5, 0.6) is 5.88 Å². The minimum Gasteiger partial charge on any atom is -0.475 e. The Balaban J connectivity index is 2.31. The van der Waals surface area contributed by atoms with Crippen LogP contribution in [0.1, 0.15) is 19.5 Å². The average molecular weight is 244 g/mol. The second-order valence-electron chi connectivity index (χ2n) is 3.35. The Kier molecular flexibility index (Phi) is 6.11. The third-order valence-electron chi connectivity index (χ3n) is 2.37. The predicted octanol–water partition coefficient (Wildman–Crippen LogP) is 1.94. The molecule has 0 aliphatic carbocycles. The van der Waals surface area contributed by atoms with E-state index in [9.17, 15) is 0 Å². The lowest BCUT2D eigenvalue weighted by molar-refractivity contribution is 0.217. The highest BCUT2D eigenvalue weighted by molar-refractivity contribution is 6.16. The molecule has 0 fully saturated rings. The fourth-order valence-electron chi connectivity index (χ4n) is 1.31. The zero-order valence-electron chi connectivity index (χ0n) is 9.82. The van der Waals surface area contributed by atoms with Crippen molar-refractivity contribution in [2.24, 2.45) is 0 Å². The van der Waals surface area contributed by atoms with E-state index in [1.807, 2.05) is 0 Å². The molecule has 0 atom stereocenters. The molecule has 16 heavy (non-hydrogen) atoms. The van der Waals surface area contributed by atoms with Gasteiger partial charge in [-0.3, -0.25) is 4.98 Å². The number of hydrogen-bond donors (Lipinski definition) is 0. The van der Waals surface area contributed by atoms with Crippen LogP contribution < -0.4 is 4.74 Å². The van der Waals surface area contributed by atoms with Gasteiger partial charge in [-0.2, -0.15) is 0 Å². The Morgan fingerprint density at radius 1 is 1.25 bits per heavy atom. The third kappa shape index (κ3) is 4.33. The van der Waals surface area contributed by atoms with E-state index in [1.54, 1.807) is 12.4 Å². The number of likely N-dealkylation sites (N-methyl/N-ethyl adjacent to an activating group) is 1. The summed E-state index contributed by atoms with van der Waals surface area (Å²) in [5.41, 5.74) is 0.762. The van der Waals surface area contributed by atoms with Gasteiger partial charge in [0.25, 0.3) is 0 Å². The van der Waals surface area contributed by atoms with Crippen molar-refractivity contribution < 1.29 is 4.74 Å². The first-order valence-corrected chi connectivity index (χ1v) is 6.05. The van der Waals surface area contributed by atoms with Crippen molar-refractivity contribution in [3.63, 3.8) is 0 Å². The van der Waals surface area contributed by atoms with E-state index in [0.717, 1.165) is 25.3 Å². The van der Waals surface area contributed by atoms with E-state index in [0.29, 0.717) is 18.4 Å². The zero-order valence-corrected chi connectivity index (χ0v) is 10.6. The molecule has 0 saturated heterocycles. The van der Waals surface area contributed by atoms with E-state index < -0.39 is 0 Å². The number of aromatic nitrogens is 2. The molecule has 0 N–H and O–H groups in total. The van der Waals surface area contributed by atoms with Gasteiger partial charge in [0.1, 0.15) is 6.61 Å². The molecule has 1 rings (SSSR count). The zero-order chi connectivity index (χ0) is 11.8. The third-order valence-corrected chi connectivity index (χ3v) is 2.64. The molecule has 1 heterocycles. The van der Waals surface area contributed by atoms with Crippen LogP contribution in [0.25, 0.3) is 0 Å². The second-order valence-corrected chi connectivity index (χ2v) is 3.62. The predicted molar refractivity (Wildman–Crippen MR) is 64.9 cm³/mol. The van der Waals surface area contributed by atoms with Gasteiger partial charge < -0.3 is 9.64 Å². The minimum atomic E-state index is 0.382. The molecule has 0 saturated carbocycles. The molecular weight excluding hydrogens is 226 g/mol. The molecule has 0 amide bonds. The minimum absolute atomic E-state index is 0.382. The number of hydrogen-bond acceptors (Lipinski definition) is 4. The van der Waals surface area contributed by atoms with Gasteiger partial charge in [0, 0.05) is 6.54 Å². The fraction of sp³-hybridized carbons (Fsp3) is 0.636. The van der Waals surface area contributed by atoms with Crippen LogP contribution in [0, 0.1) is 0 Å². The number of nitrogens with zero attached hydrogens (tertiary/aromatic N) is 3. The van der Waals surface area contributed by atoms with Crippen molar-refractivity contribution in [1.29, 1.82) is 0 Å². The lowest BCUT2D eigenvalue weighted by Crippen LogP contribution is -2.28. The molecule has 1 aromatic heterocycles. The topological polar surface area (TPSA) is 38.2 Å². The smallest absolute Gasteiger partial charge is 0.232 e. The highest BCUT2D eigenvalue weighted by Crippen LogP contribution is 2.05. The summed E-state index contributed by atoms with van der Waals surface area (Å²) < 4.78 is 5.48. The molecule has 0 unspecified atom stereocenters. The van der Waals surface area contributed by atoms with Gasteiger partial charge in [0.2, 0.25) is 5.88 Å². The van der Waals surface area contributed by atoms with E-state index in [4.69, 9.17) is 16.3 Å². The van der Waals surface area contributed by atoms with Crippen molar-refractivity contribution in [2.75, 3.05) is 26.2 Å². The molecular formula is C11H18ClN3O. The summed E-state index contributed by atoms with van der Waals surface area (Å²) in [5, 5.41) is 0. The van der Waals surface area contributed by atoms with E-state index in [1.165, 1.54) is 0 Å². The molecule has 0 radical (unpaired) electrons. The van der Waals surface area contributed by atoms with Gasteiger partial charge in [-0.1, -0.05) is 13.8 Å². The van der Waals surface area contributed by atoms with Crippen LogP contribution in [-0.2, 0) is 5.88 Å². The van der Waals surface area contributed by atoms with E-state index >= 15 is 0 Å². The van der Waals surface area contributed by atoms with Crippen LogP contribution >= 0.6 is 11.6 Å². The first kappa shape index (κ1) is 13.2. The molecule has 0 aliphatic rings. The number of rotatable bonds is 7. The van der Waals surface area contributed by atoms with E-state index in [2.05, 4.69) is 28.7 Å². The van der Waals surface area contributed by atoms with Crippen LogP contribution in [0.4, 0.5) is 0 Å². The van der Waals surface area contributed by atoms with Crippen molar-refractivity contribution >= 4 is 11.6 Å². The molecule has 1 aromatic rings. The monoisotopic (exact) mass is 243 g/mol. The number of alkyl halides is 1. The maximum atomic E-state index is 5.61. The molecule has 0 aliphatic heterocycles. The highest BCUT2D eigenvalue weighted by atomic mass is 35.5. The van der Waals surface area contributed by atoms with Crippen molar-refractivity contribution in [1.82, 2.24) is 14.9 Å². The number of halogens is 1. The lowest BCUT2D eigenvalue weighted by atomic mass is 10.5. The summed E-state index contributed by atoms with van der Waals surface area (Å²) in [5.74, 6) is 0.938. The van der Waals surface area contributed by atoms with Gasteiger partial charge in [0.15, 0.2) is 0 Å². The first-order valence-electron chi connectivity index (χ1n) is 5.52. The SMILES string of the molecule is CCN(CC)CCOc1cnc(CCl)cn1. The fourth-order valence-corrected chi connectivity index (χ4v) is 1.44. The van der Waals surface area contributed by atoms with Gasteiger partial charge >= 0.3 is 0 Å². The Morgan fingerprint density at radius 3 is 2.50 bits per heavy atom. The molecule has 0 bridgehead atoms. The molecule has 0 spiro atoms. The summed E-state index contributed by atoms with van der Waals surface area (Å²) >= 11 is 5.61. The van der Waals surface area contributed by atoms with Gasteiger partial charge in [-0.05, 0) is 13.1 Å². The maximum Gasteiger partial charge on any atom is 0.232 e. The standard InChI is InChI=1S/C11H18ClN3O/c1-3-15(4-2)5-6-16-11-9-13-10(7-12)8-14-11/h8-9H,3-7H2,1-2H3. The van der Waals surface area contributed by atoms with Crippen molar-refractivity contribution in [3.8, 4) is 5.88 Å². The Hall–Kier alpha value is -0.870. The highest BCUT2D eigenvalue weighted by Gasteiger charge is 2.01. The Morgan fingerprint density at radius 2 is 2.00 bits per heavy atom. The summed E-state index contributed by atoms with van der Waals surface area (Å²) in [6, 6.07) is 0. The molecule has 90 valence electrons. The largest absolute Gasteiger partial charge is 0.475 e. The average Bonchev–Trinajstić information content (AvgIpc) is 2.35. The van der Waals surface area contributed by atoms with Gasteiger partial charge in [-0.15, -0.1) is 11.6 Å². The lowest BCUT2D eigenvalue weighted by Gasteiger charge is -2.17. The van der Waals surface area contributed by atoms with Gasteiger partial charge in [-0.25, -0.2) is 4.98 Å². The van der Waals surface area contributed by atoms with Crippen molar-refractivity contribution in [2.45, 2.75) is 19.7 Å². The van der Waals surface area contributed by atoms with Crippen LogP contribution in [0.15, 0.2) is 12.4 Å². The number of ether oxygens (including phenoxy) is 1. The quantitative estimate of drug-likeness (QED) is 0.686. The maximum absolute atomic E-state index is 5.61. The van der Waals surface area contributed by atoms with Crippen LogP contribution in [0.2, 0.25) is 0 Å². The summed E-state index contributed by atoms with van der Waals surface area (Å²) in [7, 11) is 0. The molecule has 5 heteroatoms. The van der Waals surface area contributed by atoms with Gasteiger partial charge in [0.05, 0.1) is 24.0 Å². The Bertz CT molecular complexity index is 288. The second kappa shape index (κ2) is 7.41. The van der Waals surface area contributed by atoms with Crippen LogP contribution in [0.3, 0.4) is 0 Å². The van der Waals surface area contributed by atoms with Crippen molar-refractivity contribution in [3.05, 3.63) is 18.1 Å². The first-order chi connectivity index (χ1) is 7.80. The van der Waals surface area contributed by atoms with Crippen LogP contribution in [-0.4, -0.2) is 41.1 Å².